The maximum Gasteiger partial charge on any atom is 0.0705 e. The fourth-order valence-corrected chi connectivity index (χ4v) is 1.46. The standard InChI is InChI=1S/C12H14N2.2ClH/c1-2-13-9-11-8-7-10-5-3-4-6-12(10)14-11;;/h3-8,13H,2,9H2,1H3;2*1H. The number of pyridine rings is 1. The van der Waals surface area contributed by atoms with Crippen molar-refractivity contribution >= 4 is 35.7 Å². The number of nitrogens with one attached hydrogen (secondary N) is 1. The molecule has 1 heterocycles. The van der Waals surface area contributed by atoms with Crippen molar-refractivity contribution in [2.45, 2.75) is 13.5 Å². The Morgan fingerprint density at radius 3 is 2.56 bits per heavy atom. The first-order valence-corrected chi connectivity index (χ1v) is 4.95. The summed E-state index contributed by atoms with van der Waals surface area (Å²) in [4.78, 5) is 4.55. The first-order valence-electron chi connectivity index (χ1n) is 4.95. The first-order chi connectivity index (χ1) is 6.90. The Hall–Kier alpha value is -0.830. The zero-order valence-corrected chi connectivity index (χ0v) is 10.8. The number of halogens is 2. The zero-order valence-electron chi connectivity index (χ0n) is 9.14. The van der Waals surface area contributed by atoms with Gasteiger partial charge in [-0.15, -0.1) is 24.8 Å². The summed E-state index contributed by atoms with van der Waals surface area (Å²) in [6.45, 7) is 3.93. The molecule has 2 aromatic rings. The summed E-state index contributed by atoms with van der Waals surface area (Å²) in [7, 11) is 0. The molecule has 0 saturated heterocycles. The van der Waals surface area contributed by atoms with Gasteiger partial charge < -0.3 is 5.32 Å². The summed E-state index contributed by atoms with van der Waals surface area (Å²) in [6, 6.07) is 12.4. The first kappa shape index (κ1) is 15.2. The second-order valence-electron chi connectivity index (χ2n) is 3.28. The molecule has 1 aromatic heterocycles. The second-order valence-corrected chi connectivity index (χ2v) is 3.28. The molecule has 0 unspecified atom stereocenters. The lowest BCUT2D eigenvalue weighted by atomic mass is 10.2. The summed E-state index contributed by atoms with van der Waals surface area (Å²) < 4.78 is 0. The van der Waals surface area contributed by atoms with Gasteiger partial charge in [0.15, 0.2) is 0 Å². The van der Waals surface area contributed by atoms with Gasteiger partial charge in [0.1, 0.15) is 0 Å². The van der Waals surface area contributed by atoms with Crippen LogP contribution in [0.2, 0.25) is 0 Å². The van der Waals surface area contributed by atoms with Crippen LogP contribution in [0, 0.1) is 0 Å². The van der Waals surface area contributed by atoms with E-state index in [4.69, 9.17) is 0 Å². The van der Waals surface area contributed by atoms with Crippen LogP contribution in [-0.4, -0.2) is 11.5 Å². The van der Waals surface area contributed by atoms with Gasteiger partial charge in [-0.2, -0.15) is 0 Å². The molecule has 1 N–H and O–H groups in total. The minimum atomic E-state index is 0. The third kappa shape index (κ3) is 3.63. The van der Waals surface area contributed by atoms with E-state index in [1.165, 1.54) is 5.39 Å². The van der Waals surface area contributed by atoms with Crippen molar-refractivity contribution in [3.05, 3.63) is 42.1 Å². The molecule has 0 spiro atoms. The van der Waals surface area contributed by atoms with Crippen LogP contribution in [0.25, 0.3) is 10.9 Å². The van der Waals surface area contributed by atoms with Crippen LogP contribution < -0.4 is 5.32 Å². The summed E-state index contributed by atoms with van der Waals surface area (Å²) in [5.41, 5.74) is 2.17. The summed E-state index contributed by atoms with van der Waals surface area (Å²) >= 11 is 0. The number of para-hydroxylation sites is 1. The average molecular weight is 259 g/mol. The van der Waals surface area contributed by atoms with Crippen LogP contribution in [0.3, 0.4) is 0 Å². The van der Waals surface area contributed by atoms with Gasteiger partial charge in [0.2, 0.25) is 0 Å². The fourth-order valence-electron chi connectivity index (χ4n) is 1.46. The van der Waals surface area contributed by atoms with E-state index in [0.29, 0.717) is 0 Å². The molecule has 0 bridgehead atoms. The molecule has 16 heavy (non-hydrogen) atoms. The number of benzene rings is 1. The molecule has 4 heteroatoms. The Labute approximate surface area is 108 Å². The minimum absolute atomic E-state index is 0. The third-order valence-corrected chi connectivity index (χ3v) is 2.21. The van der Waals surface area contributed by atoms with Gasteiger partial charge in [0.05, 0.1) is 11.2 Å². The van der Waals surface area contributed by atoms with Crippen molar-refractivity contribution in [1.29, 1.82) is 0 Å². The molecule has 2 rings (SSSR count). The number of aromatic nitrogens is 1. The molecule has 0 radical (unpaired) electrons. The molecule has 0 fully saturated rings. The van der Waals surface area contributed by atoms with Crippen LogP contribution in [-0.2, 0) is 6.54 Å². The summed E-state index contributed by atoms with van der Waals surface area (Å²) in [5.74, 6) is 0. The van der Waals surface area contributed by atoms with E-state index in [0.717, 1.165) is 24.3 Å². The number of fused-ring (bicyclic) bond motifs is 1. The van der Waals surface area contributed by atoms with E-state index in [2.05, 4.69) is 35.4 Å². The lowest BCUT2D eigenvalue weighted by Crippen LogP contribution is -2.12. The van der Waals surface area contributed by atoms with Crippen molar-refractivity contribution in [3.63, 3.8) is 0 Å². The molecular weight excluding hydrogens is 243 g/mol. The van der Waals surface area contributed by atoms with Crippen molar-refractivity contribution in [3.8, 4) is 0 Å². The molecule has 2 nitrogen and oxygen atoms in total. The van der Waals surface area contributed by atoms with Crippen LogP contribution in [0.1, 0.15) is 12.6 Å². The average Bonchev–Trinajstić information content (AvgIpc) is 2.26. The monoisotopic (exact) mass is 258 g/mol. The van der Waals surface area contributed by atoms with Crippen LogP contribution in [0.4, 0.5) is 0 Å². The van der Waals surface area contributed by atoms with Crippen molar-refractivity contribution < 1.29 is 0 Å². The highest BCUT2D eigenvalue weighted by Gasteiger charge is 1.96. The lowest BCUT2D eigenvalue weighted by Gasteiger charge is -2.02. The summed E-state index contributed by atoms with van der Waals surface area (Å²) in [6.07, 6.45) is 0. The number of nitrogens with zero attached hydrogens (tertiary/aromatic N) is 1. The Morgan fingerprint density at radius 1 is 1.06 bits per heavy atom. The highest BCUT2D eigenvalue weighted by Crippen LogP contribution is 2.11. The largest absolute Gasteiger partial charge is 0.311 e. The molecule has 1 aromatic carbocycles. The highest BCUT2D eigenvalue weighted by atomic mass is 35.5. The molecule has 0 saturated carbocycles. The molecule has 0 amide bonds. The quantitative estimate of drug-likeness (QED) is 0.915. The molecule has 0 aliphatic rings. The Balaban J connectivity index is 0.00000112. The Morgan fingerprint density at radius 2 is 1.81 bits per heavy atom. The Kier molecular flexibility index (Phi) is 7.06. The topological polar surface area (TPSA) is 24.9 Å². The predicted molar refractivity (Wildman–Crippen MR) is 73.6 cm³/mol. The van der Waals surface area contributed by atoms with Gasteiger partial charge in [0, 0.05) is 11.9 Å². The molecule has 0 aliphatic heterocycles. The van der Waals surface area contributed by atoms with Gasteiger partial charge in [-0.1, -0.05) is 31.2 Å². The highest BCUT2D eigenvalue weighted by molar-refractivity contribution is 5.85. The van der Waals surface area contributed by atoms with Crippen LogP contribution in [0.15, 0.2) is 36.4 Å². The lowest BCUT2D eigenvalue weighted by molar-refractivity contribution is 0.713. The zero-order chi connectivity index (χ0) is 9.80. The second kappa shape index (κ2) is 7.44. The smallest absolute Gasteiger partial charge is 0.0705 e. The van der Waals surface area contributed by atoms with E-state index in [-0.39, 0.29) is 24.8 Å². The van der Waals surface area contributed by atoms with E-state index in [1.54, 1.807) is 0 Å². The normalized spacial score (nSPS) is 9.31. The van der Waals surface area contributed by atoms with Gasteiger partial charge >= 0.3 is 0 Å². The minimum Gasteiger partial charge on any atom is -0.311 e. The Bertz CT molecular complexity index is 432. The molecule has 0 aliphatic carbocycles. The van der Waals surface area contributed by atoms with Gasteiger partial charge in [-0.3, -0.25) is 4.98 Å². The van der Waals surface area contributed by atoms with Gasteiger partial charge in [0.25, 0.3) is 0 Å². The van der Waals surface area contributed by atoms with Gasteiger partial charge in [-0.25, -0.2) is 0 Å². The van der Waals surface area contributed by atoms with E-state index in [1.807, 2.05) is 18.2 Å². The van der Waals surface area contributed by atoms with Crippen LogP contribution in [0.5, 0.6) is 0 Å². The number of hydrogen-bond donors (Lipinski definition) is 1. The van der Waals surface area contributed by atoms with E-state index < -0.39 is 0 Å². The number of hydrogen-bond acceptors (Lipinski definition) is 2. The van der Waals surface area contributed by atoms with Gasteiger partial charge in [-0.05, 0) is 18.7 Å². The molecule has 0 atom stereocenters. The molecular formula is C12H16Cl2N2. The van der Waals surface area contributed by atoms with E-state index >= 15 is 0 Å². The maximum absolute atomic E-state index is 4.55. The van der Waals surface area contributed by atoms with Crippen molar-refractivity contribution in [2.75, 3.05) is 6.54 Å². The van der Waals surface area contributed by atoms with Crippen molar-refractivity contribution in [2.24, 2.45) is 0 Å². The third-order valence-electron chi connectivity index (χ3n) is 2.21. The van der Waals surface area contributed by atoms with Crippen molar-refractivity contribution in [1.82, 2.24) is 10.3 Å². The number of rotatable bonds is 3. The summed E-state index contributed by atoms with van der Waals surface area (Å²) in [5, 5.41) is 4.47. The molecule has 88 valence electrons. The van der Waals surface area contributed by atoms with E-state index in [9.17, 15) is 0 Å². The maximum atomic E-state index is 4.55. The van der Waals surface area contributed by atoms with Crippen LogP contribution >= 0.6 is 24.8 Å². The SMILES string of the molecule is CCNCc1ccc2ccccc2n1.Cl.Cl. The fraction of sp³-hybridized carbons (Fsp3) is 0.250. The predicted octanol–water partition coefficient (Wildman–Crippen LogP) is 3.19.